The van der Waals surface area contributed by atoms with Crippen LogP contribution in [0.15, 0.2) is 24.3 Å². The maximum absolute atomic E-state index is 10.3. The van der Waals surface area contributed by atoms with E-state index in [9.17, 15) is 4.79 Å². The summed E-state index contributed by atoms with van der Waals surface area (Å²) in [6.07, 6.45) is 0. The number of benzene rings is 1. The smallest absolute Gasteiger partial charge is 0.337 e. The van der Waals surface area contributed by atoms with Crippen molar-refractivity contribution in [3.63, 3.8) is 0 Å². The van der Waals surface area contributed by atoms with Gasteiger partial charge in [-0.2, -0.15) is 0 Å². The Morgan fingerprint density at radius 1 is 1.36 bits per heavy atom. The van der Waals surface area contributed by atoms with Gasteiger partial charge in [0, 0.05) is 0 Å². The van der Waals surface area contributed by atoms with Crippen LogP contribution in [-0.4, -0.2) is 16.6 Å². The molecule has 0 bridgehead atoms. The van der Waals surface area contributed by atoms with Crippen LogP contribution in [0.3, 0.4) is 0 Å². The summed E-state index contributed by atoms with van der Waals surface area (Å²) in [7, 11) is 0. The van der Waals surface area contributed by atoms with Crippen LogP contribution in [0.25, 0.3) is 0 Å². The Kier molecular flexibility index (Phi) is 3.57. The summed E-state index contributed by atoms with van der Waals surface area (Å²) in [5, 5.41) is 8.75. The minimum Gasteiger partial charge on any atom is -0.478 e. The van der Waals surface area contributed by atoms with Gasteiger partial charge in [0.05, 0.1) is 10.6 Å². The average Bonchev–Trinajstić information content (AvgIpc) is 1.88. The summed E-state index contributed by atoms with van der Waals surface area (Å²) in [5.74, 6) is -0.995. The molecule has 0 atom stereocenters. The lowest BCUT2D eigenvalue weighted by Gasteiger charge is -1.94. The number of halogens is 1. The van der Waals surface area contributed by atoms with Crippen LogP contribution < -0.4 is 0 Å². The van der Waals surface area contributed by atoms with E-state index in [1.807, 2.05) is 0 Å². The lowest BCUT2D eigenvalue weighted by Crippen LogP contribution is -1.95. The number of hydrogen-bond donors (Lipinski definition) is 1. The van der Waals surface area contributed by atoms with Crippen molar-refractivity contribution in [2.24, 2.45) is 0 Å². The summed E-state index contributed by atoms with van der Waals surface area (Å²) in [5.41, 5.74) is 0.143. The molecule has 0 amide bonds. The first-order valence-corrected chi connectivity index (χ1v) is 3.07. The highest BCUT2D eigenvalue weighted by Crippen LogP contribution is 2.13. The Bertz CT molecular complexity index is 260. The van der Waals surface area contributed by atoms with Gasteiger partial charge in [-0.05, 0) is 12.1 Å². The first kappa shape index (κ1) is 9.94. The summed E-state index contributed by atoms with van der Waals surface area (Å²) < 4.78 is 0. The van der Waals surface area contributed by atoms with E-state index in [0.717, 1.165) is 0 Å². The molecule has 3 nitrogen and oxygen atoms in total. The van der Waals surface area contributed by atoms with Crippen LogP contribution in [0.2, 0.25) is 5.02 Å². The Labute approximate surface area is 68.5 Å². The maximum atomic E-state index is 10.3. The molecule has 0 saturated carbocycles. The van der Waals surface area contributed by atoms with Crippen LogP contribution in [0.5, 0.6) is 0 Å². The van der Waals surface area contributed by atoms with Gasteiger partial charge >= 0.3 is 5.97 Å². The highest BCUT2D eigenvalue weighted by molar-refractivity contribution is 6.33. The van der Waals surface area contributed by atoms with Crippen molar-refractivity contribution < 1.29 is 15.4 Å². The quantitative estimate of drug-likeness (QED) is 0.696. The number of aromatic carboxylic acids is 1. The second-order valence-electron chi connectivity index (χ2n) is 1.78. The maximum Gasteiger partial charge on any atom is 0.337 e. The van der Waals surface area contributed by atoms with Gasteiger partial charge < -0.3 is 10.6 Å². The Hall–Kier alpha value is -1.06. The van der Waals surface area contributed by atoms with Crippen LogP contribution in [0.4, 0.5) is 0 Å². The van der Waals surface area contributed by atoms with Gasteiger partial charge in [-0.3, -0.25) is 0 Å². The molecule has 0 unspecified atom stereocenters. The third kappa shape index (κ3) is 2.22. The molecule has 0 spiro atoms. The van der Waals surface area contributed by atoms with Gasteiger partial charge in [0.1, 0.15) is 0 Å². The molecule has 0 fully saturated rings. The zero-order chi connectivity index (χ0) is 7.56. The molecule has 0 saturated heterocycles. The fourth-order valence-electron chi connectivity index (χ4n) is 0.635. The molecule has 0 aliphatic rings. The number of rotatable bonds is 1. The fourth-order valence-corrected chi connectivity index (χ4v) is 0.851. The van der Waals surface area contributed by atoms with E-state index in [-0.39, 0.29) is 16.1 Å². The second kappa shape index (κ2) is 3.95. The van der Waals surface area contributed by atoms with Crippen molar-refractivity contribution in [1.29, 1.82) is 0 Å². The molecule has 3 N–H and O–H groups in total. The molecular weight excluding hydrogens is 168 g/mol. The van der Waals surface area contributed by atoms with Crippen molar-refractivity contribution in [3.05, 3.63) is 34.9 Å². The van der Waals surface area contributed by atoms with E-state index in [1.54, 1.807) is 18.2 Å². The highest BCUT2D eigenvalue weighted by atomic mass is 35.5. The molecule has 0 heterocycles. The van der Waals surface area contributed by atoms with Crippen molar-refractivity contribution in [2.75, 3.05) is 0 Å². The van der Waals surface area contributed by atoms with Crippen LogP contribution >= 0.6 is 11.6 Å². The van der Waals surface area contributed by atoms with E-state index < -0.39 is 5.97 Å². The number of hydrogen-bond acceptors (Lipinski definition) is 1. The van der Waals surface area contributed by atoms with Crippen LogP contribution in [0.1, 0.15) is 10.4 Å². The summed E-state index contributed by atoms with van der Waals surface area (Å²) >= 11 is 5.54. The number of carboxylic acid groups (broad SMARTS) is 1. The largest absolute Gasteiger partial charge is 0.478 e. The molecule has 0 aliphatic heterocycles. The minimum atomic E-state index is -0.995. The fraction of sp³-hybridized carbons (Fsp3) is 0. The normalized spacial score (nSPS) is 8.45. The average molecular weight is 175 g/mol. The third-order valence-corrected chi connectivity index (χ3v) is 1.43. The van der Waals surface area contributed by atoms with Gasteiger partial charge in [0.2, 0.25) is 0 Å². The summed E-state index contributed by atoms with van der Waals surface area (Å²) in [6.45, 7) is 0. The highest BCUT2D eigenvalue weighted by Gasteiger charge is 2.04. The molecule has 60 valence electrons. The first-order chi connectivity index (χ1) is 4.72. The SMILES string of the molecule is O.O=C(O)c1ccccc1Cl. The lowest BCUT2D eigenvalue weighted by molar-refractivity contribution is 0.0697. The van der Waals surface area contributed by atoms with E-state index >= 15 is 0 Å². The molecule has 1 aromatic rings. The number of carboxylic acids is 1. The zero-order valence-corrected chi connectivity index (χ0v) is 6.30. The molecule has 1 rings (SSSR count). The molecule has 0 aromatic heterocycles. The Balaban J connectivity index is 0.000001000. The first-order valence-electron chi connectivity index (χ1n) is 2.69. The molecule has 4 heteroatoms. The predicted molar refractivity (Wildman–Crippen MR) is 42.0 cm³/mol. The monoisotopic (exact) mass is 174 g/mol. The van der Waals surface area contributed by atoms with Gasteiger partial charge in [-0.15, -0.1) is 0 Å². The van der Waals surface area contributed by atoms with Gasteiger partial charge in [-0.1, -0.05) is 23.7 Å². The molecule has 0 aliphatic carbocycles. The topological polar surface area (TPSA) is 68.8 Å². The van der Waals surface area contributed by atoms with E-state index in [2.05, 4.69) is 0 Å². The Morgan fingerprint density at radius 3 is 2.27 bits per heavy atom. The molecule has 11 heavy (non-hydrogen) atoms. The van der Waals surface area contributed by atoms with Gasteiger partial charge in [0.25, 0.3) is 0 Å². The van der Waals surface area contributed by atoms with Crippen molar-refractivity contribution in [1.82, 2.24) is 0 Å². The van der Waals surface area contributed by atoms with Crippen molar-refractivity contribution in [2.45, 2.75) is 0 Å². The zero-order valence-electron chi connectivity index (χ0n) is 5.54. The van der Waals surface area contributed by atoms with Crippen LogP contribution in [-0.2, 0) is 0 Å². The predicted octanol–water partition coefficient (Wildman–Crippen LogP) is 1.21. The van der Waals surface area contributed by atoms with Crippen molar-refractivity contribution >= 4 is 17.6 Å². The molecular formula is C7H7ClO3. The second-order valence-corrected chi connectivity index (χ2v) is 2.19. The molecule has 0 radical (unpaired) electrons. The Morgan fingerprint density at radius 2 is 1.91 bits per heavy atom. The number of carbonyl (C=O) groups is 1. The minimum absolute atomic E-state index is 0. The van der Waals surface area contributed by atoms with Gasteiger partial charge in [-0.25, -0.2) is 4.79 Å². The standard InChI is InChI=1S/C7H5ClO2.H2O/c8-6-4-2-1-3-5(6)7(9)10;/h1-4H,(H,9,10);1H2. The molecule has 1 aromatic carbocycles. The van der Waals surface area contributed by atoms with Gasteiger partial charge in [0.15, 0.2) is 0 Å². The van der Waals surface area contributed by atoms with Crippen molar-refractivity contribution in [3.8, 4) is 0 Å². The summed E-state index contributed by atoms with van der Waals surface area (Å²) in [6, 6.07) is 6.33. The van der Waals surface area contributed by atoms with Crippen LogP contribution in [0, 0.1) is 0 Å². The van der Waals surface area contributed by atoms with E-state index in [4.69, 9.17) is 16.7 Å². The van der Waals surface area contributed by atoms with E-state index in [0.29, 0.717) is 0 Å². The third-order valence-electron chi connectivity index (χ3n) is 1.10. The summed E-state index contributed by atoms with van der Waals surface area (Å²) in [4.78, 5) is 10.3. The lowest BCUT2D eigenvalue weighted by atomic mass is 10.2. The van der Waals surface area contributed by atoms with E-state index in [1.165, 1.54) is 6.07 Å².